The molecule has 0 spiro atoms. The Kier molecular flexibility index (Phi) is 5.04. The van der Waals surface area contributed by atoms with E-state index in [4.69, 9.17) is 0 Å². The van der Waals surface area contributed by atoms with Crippen LogP contribution in [0.4, 0.5) is 0 Å². The van der Waals surface area contributed by atoms with Gasteiger partial charge in [0.05, 0.1) is 0 Å². The molecule has 0 aliphatic heterocycles. The maximum Gasteiger partial charge on any atom is 0.251 e. The van der Waals surface area contributed by atoms with E-state index in [0.29, 0.717) is 12.1 Å². The number of fused-ring (bicyclic) bond motifs is 1. The molecule has 2 aromatic carbocycles. The van der Waals surface area contributed by atoms with Crippen molar-refractivity contribution in [3.05, 3.63) is 78.1 Å². The van der Waals surface area contributed by atoms with Gasteiger partial charge in [0.15, 0.2) is 0 Å². The average Bonchev–Trinajstić information content (AvgIpc) is 2.66. The highest BCUT2D eigenvalue weighted by Gasteiger charge is 2.16. The van der Waals surface area contributed by atoms with Gasteiger partial charge in [-0.3, -0.25) is 14.6 Å². The van der Waals surface area contributed by atoms with Crippen molar-refractivity contribution in [2.45, 2.75) is 19.5 Å². The molecule has 2 amide bonds. The largest absolute Gasteiger partial charge is 0.350 e. The van der Waals surface area contributed by atoms with Crippen molar-refractivity contribution in [1.82, 2.24) is 15.6 Å². The van der Waals surface area contributed by atoms with Crippen molar-refractivity contribution in [2.75, 3.05) is 0 Å². The van der Waals surface area contributed by atoms with E-state index in [1.807, 2.05) is 48.5 Å². The van der Waals surface area contributed by atoms with Crippen LogP contribution in [-0.2, 0) is 11.3 Å². The third-order valence-corrected chi connectivity index (χ3v) is 3.94. The zero-order valence-corrected chi connectivity index (χ0v) is 13.9. The first-order chi connectivity index (χ1) is 12.1. The number of nitrogens with one attached hydrogen (secondary N) is 2. The molecule has 1 aromatic heterocycles. The first-order valence-corrected chi connectivity index (χ1v) is 8.10. The number of hydrogen-bond donors (Lipinski definition) is 2. The van der Waals surface area contributed by atoms with Gasteiger partial charge in [-0.2, -0.15) is 0 Å². The van der Waals surface area contributed by atoms with E-state index in [0.717, 1.165) is 16.3 Å². The normalized spacial score (nSPS) is 11.7. The van der Waals surface area contributed by atoms with Crippen LogP contribution in [0.15, 0.2) is 67.0 Å². The van der Waals surface area contributed by atoms with Crippen molar-refractivity contribution in [2.24, 2.45) is 0 Å². The van der Waals surface area contributed by atoms with Crippen molar-refractivity contribution in [1.29, 1.82) is 0 Å². The minimum absolute atomic E-state index is 0.238. The predicted octanol–water partition coefficient (Wildman–Crippen LogP) is 2.67. The number of benzene rings is 2. The molecule has 1 heterocycles. The van der Waals surface area contributed by atoms with Crippen LogP contribution in [-0.4, -0.2) is 22.8 Å². The molecule has 2 N–H and O–H groups in total. The number of nitrogens with zero attached hydrogens (tertiary/aromatic N) is 1. The number of rotatable bonds is 5. The van der Waals surface area contributed by atoms with Crippen LogP contribution >= 0.6 is 0 Å². The molecule has 0 saturated carbocycles. The highest BCUT2D eigenvalue weighted by atomic mass is 16.2. The lowest BCUT2D eigenvalue weighted by atomic mass is 10.1. The number of amides is 2. The Labute approximate surface area is 146 Å². The molecule has 126 valence electrons. The van der Waals surface area contributed by atoms with Gasteiger partial charge in [-0.15, -0.1) is 0 Å². The SMILES string of the molecule is C[C@@H](NC(=O)c1ccc2ccccc2c1)C(=O)NCc1cccnc1. The minimum atomic E-state index is -0.629. The van der Waals surface area contributed by atoms with Gasteiger partial charge in [0.25, 0.3) is 5.91 Å². The van der Waals surface area contributed by atoms with Gasteiger partial charge in [-0.05, 0) is 41.5 Å². The fraction of sp³-hybridized carbons (Fsp3) is 0.150. The number of aromatic nitrogens is 1. The molecule has 0 aliphatic rings. The highest BCUT2D eigenvalue weighted by molar-refractivity contribution is 6.00. The average molecular weight is 333 g/mol. The van der Waals surface area contributed by atoms with Crippen molar-refractivity contribution in [3.63, 3.8) is 0 Å². The third-order valence-electron chi connectivity index (χ3n) is 3.94. The number of pyridine rings is 1. The lowest BCUT2D eigenvalue weighted by molar-refractivity contribution is -0.122. The topological polar surface area (TPSA) is 71.1 Å². The second-order valence-corrected chi connectivity index (χ2v) is 5.84. The Bertz CT molecular complexity index is 894. The van der Waals surface area contributed by atoms with Crippen LogP contribution in [0.2, 0.25) is 0 Å². The smallest absolute Gasteiger partial charge is 0.251 e. The quantitative estimate of drug-likeness (QED) is 0.754. The van der Waals surface area contributed by atoms with Gasteiger partial charge in [-0.25, -0.2) is 0 Å². The summed E-state index contributed by atoms with van der Waals surface area (Å²) in [6, 6.07) is 16.4. The van der Waals surface area contributed by atoms with Crippen LogP contribution in [0.1, 0.15) is 22.8 Å². The van der Waals surface area contributed by atoms with Crippen LogP contribution in [0.25, 0.3) is 10.8 Å². The second-order valence-electron chi connectivity index (χ2n) is 5.84. The lowest BCUT2D eigenvalue weighted by Gasteiger charge is -2.14. The second kappa shape index (κ2) is 7.57. The van der Waals surface area contributed by atoms with E-state index in [1.54, 1.807) is 25.4 Å². The molecule has 5 heteroatoms. The fourth-order valence-electron chi connectivity index (χ4n) is 2.52. The van der Waals surface area contributed by atoms with Crippen molar-refractivity contribution >= 4 is 22.6 Å². The maximum atomic E-state index is 12.4. The Morgan fingerprint density at radius 2 is 1.84 bits per heavy atom. The summed E-state index contributed by atoms with van der Waals surface area (Å²) in [5, 5.41) is 7.58. The maximum absolute atomic E-state index is 12.4. The summed E-state index contributed by atoms with van der Waals surface area (Å²) in [7, 11) is 0. The highest BCUT2D eigenvalue weighted by Crippen LogP contribution is 2.15. The first-order valence-electron chi connectivity index (χ1n) is 8.10. The molecule has 5 nitrogen and oxygen atoms in total. The van der Waals surface area contributed by atoms with Gasteiger partial charge in [0.1, 0.15) is 6.04 Å². The Morgan fingerprint density at radius 1 is 1.04 bits per heavy atom. The zero-order chi connectivity index (χ0) is 17.6. The van der Waals surface area contributed by atoms with E-state index < -0.39 is 6.04 Å². The van der Waals surface area contributed by atoms with Gasteiger partial charge in [0, 0.05) is 24.5 Å². The Morgan fingerprint density at radius 3 is 2.60 bits per heavy atom. The molecule has 0 unspecified atom stereocenters. The first kappa shape index (κ1) is 16.6. The number of carbonyl (C=O) groups excluding carboxylic acids is 2. The summed E-state index contributed by atoms with van der Waals surface area (Å²) in [4.78, 5) is 28.5. The van der Waals surface area contributed by atoms with E-state index in [9.17, 15) is 9.59 Å². The summed E-state index contributed by atoms with van der Waals surface area (Å²) < 4.78 is 0. The van der Waals surface area contributed by atoms with Crippen LogP contribution in [0.3, 0.4) is 0 Å². The molecule has 1 atom stereocenters. The lowest BCUT2D eigenvalue weighted by Crippen LogP contribution is -2.44. The number of hydrogen-bond acceptors (Lipinski definition) is 3. The van der Waals surface area contributed by atoms with E-state index in [-0.39, 0.29) is 11.8 Å². The van der Waals surface area contributed by atoms with Gasteiger partial charge in [-0.1, -0.05) is 36.4 Å². The molecular formula is C20H19N3O2. The standard InChI is InChI=1S/C20H19N3O2/c1-14(19(24)22-13-15-5-4-10-21-12-15)23-20(25)18-9-8-16-6-2-3-7-17(16)11-18/h2-12,14H,13H2,1H3,(H,22,24)(H,23,25)/t14-/m1/s1. The molecule has 0 radical (unpaired) electrons. The fourth-order valence-corrected chi connectivity index (χ4v) is 2.52. The summed E-state index contributed by atoms with van der Waals surface area (Å²) >= 11 is 0. The van der Waals surface area contributed by atoms with E-state index in [2.05, 4.69) is 15.6 Å². The molecule has 3 aromatic rings. The summed E-state index contributed by atoms with van der Waals surface area (Å²) in [6.45, 7) is 2.04. The molecule has 25 heavy (non-hydrogen) atoms. The number of carbonyl (C=O) groups is 2. The van der Waals surface area contributed by atoms with E-state index in [1.165, 1.54) is 0 Å². The monoisotopic (exact) mass is 333 g/mol. The van der Waals surface area contributed by atoms with Gasteiger partial charge in [0.2, 0.25) is 5.91 Å². The summed E-state index contributed by atoms with van der Waals surface area (Å²) in [5.41, 5.74) is 1.44. The molecular weight excluding hydrogens is 314 g/mol. The predicted molar refractivity (Wildman–Crippen MR) is 97.0 cm³/mol. The van der Waals surface area contributed by atoms with Gasteiger partial charge >= 0.3 is 0 Å². The van der Waals surface area contributed by atoms with Crippen molar-refractivity contribution in [3.8, 4) is 0 Å². The molecule has 3 rings (SSSR count). The summed E-state index contributed by atoms with van der Waals surface area (Å²) in [5.74, 6) is -0.507. The van der Waals surface area contributed by atoms with Crippen molar-refractivity contribution < 1.29 is 9.59 Å². The molecule has 0 saturated heterocycles. The molecule has 0 aliphatic carbocycles. The van der Waals surface area contributed by atoms with E-state index >= 15 is 0 Å². The Hall–Kier alpha value is -3.21. The third kappa shape index (κ3) is 4.20. The van der Waals surface area contributed by atoms with Crippen LogP contribution < -0.4 is 10.6 Å². The molecule has 0 fully saturated rings. The Balaban J connectivity index is 1.59. The van der Waals surface area contributed by atoms with Crippen LogP contribution in [0, 0.1) is 0 Å². The summed E-state index contributed by atoms with van der Waals surface area (Å²) in [6.07, 6.45) is 3.37. The molecule has 0 bridgehead atoms. The van der Waals surface area contributed by atoms with Crippen LogP contribution in [0.5, 0.6) is 0 Å². The zero-order valence-electron chi connectivity index (χ0n) is 13.9. The minimum Gasteiger partial charge on any atom is -0.350 e. The van der Waals surface area contributed by atoms with Gasteiger partial charge < -0.3 is 10.6 Å².